The summed E-state index contributed by atoms with van der Waals surface area (Å²) in [6.07, 6.45) is 1.88. The molecule has 0 aliphatic carbocycles. The second-order valence-corrected chi connectivity index (χ2v) is 5.81. The highest BCUT2D eigenvalue weighted by Crippen LogP contribution is 2.30. The molecule has 0 saturated carbocycles. The lowest BCUT2D eigenvalue weighted by atomic mass is 9.80. The molecule has 4 heteroatoms. The number of carbonyl (C=O) groups is 1. The molecule has 4 nitrogen and oxygen atoms in total. The molecule has 0 spiro atoms. The third-order valence-electron chi connectivity index (χ3n) is 4.21. The quantitative estimate of drug-likeness (QED) is 0.855. The number of phenolic OH excluding ortho intramolecular Hbond substituents is 1. The fourth-order valence-electron chi connectivity index (χ4n) is 2.38. The first kappa shape index (κ1) is 13.9. The molecule has 2 rings (SSSR count). The molecule has 3 N–H and O–H groups in total. The van der Waals surface area contributed by atoms with E-state index in [1.807, 2.05) is 11.8 Å². The minimum atomic E-state index is -0.00521. The highest BCUT2D eigenvalue weighted by molar-refractivity contribution is 5.94. The summed E-state index contributed by atoms with van der Waals surface area (Å²) >= 11 is 0. The SMILES string of the molecule is Cc1ccc(C(=O)N2CCC(C)(CN)CC2)cc1O. The van der Waals surface area contributed by atoms with E-state index in [0.717, 1.165) is 31.5 Å². The van der Waals surface area contributed by atoms with Gasteiger partial charge >= 0.3 is 0 Å². The smallest absolute Gasteiger partial charge is 0.253 e. The van der Waals surface area contributed by atoms with Crippen molar-refractivity contribution < 1.29 is 9.90 Å². The zero-order chi connectivity index (χ0) is 14.0. The van der Waals surface area contributed by atoms with Crippen LogP contribution in [0.2, 0.25) is 0 Å². The van der Waals surface area contributed by atoms with Crippen molar-refractivity contribution >= 4 is 5.91 Å². The van der Waals surface area contributed by atoms with Crippen molar-refractivity contribution in [2.75, 3.05) is 19.6 Å². The van der Waals surface area contributed by atoms with Crippen molar-refractivity contribution in [2.45, 2.75) is 26.7 Å². The highest BCUT2D eigenvalue weighted by Gasteiger charge is 2.31. The largest absolute Gasteiger partial charge is 0.508 e. The lowest BCUT2D eigenvalue weighted by Crippen LogP contribution is -2.44. The number of aromatic hydroxyl groups is 1. The Balaban J connectivity index is 2.07. The predicted molar refractivity (Wildman–Crippen MR) is 75.1 cm³/mol. The summed E-state index contributed by atoms with van der Waals surface area (Å²) in [6.45, 7) is 6.13. The second-order valence-electron chi connectivity index (χ2n) is 5.81. The molecule has 0 bridgehead atoms. The van der Waals surface area contributed by atoms with Crippen LogP contribution in [0.4, 0.5) is 0 Å². The van der Waals surface area contributed by atoms with Gasteiger partial charge in [-0.3, -0.25) is 4.79 Å². The minimum absolute atomic E-state index is 0.00521. The van der Waals surface area contributed by atoms with Crippen LogP contribution in [0, 0.1) is 12.3 Å². The maximum Gasteiger partial charge on any atom is 0.253 e. The predicted octanol–water partition coefficient (Wildman–Crippen LogP) is 1.90. The number of amides is 1. The first-order valence-corrected chi connectivity index (χ1v) is 6.74. The summed E-state index contributed by atoms with van der Waals surface area (Å²) in [5, 5.41) is 9.68. The van der Waals surface area contributed by atoms with Gasteiger partial charge in [0, 0.05) is 18.7 Å². The zero-order valence-electron chi connectivity index (χ0n) is 11.6. The minimum Gasteiger partial charge on any atom is -0.508 e. The lowest BCUT2D eigenvalue weighted by Gasteiger charge is -2.38. The summed E-state index contributed by atoms with van der Waals surface area (Å²) in [7, 11) is 0. The van der Waals surface area contributed by atoms with Crippen LogP contribution in [-0.2, 0) is 0 Å². The van der Waals surface area contributed by atoms with E-state index in [-0.39, 0.29) is 17.1 Å². The number of likely N-dealkylation sites (tertiary alicyclic amines) is 1. The summed E-state index contributed by atoms with van der Waals surface area (Å²) in [5.41, 5.74) is 7.27. The average Bonchev–Trinajstić information content (AvgIpc) is 2.42. The van der Waals surface area contributed by atoms with E-state index in [0.29, 0.717) is 12.1 Å². The first-order chi connectivity index (χ1) is 8.95. The maximum atomic E-state index is 12.3. The Morgan fingerprint density at radius 2 is 2.05 bits per heavy atom. The molecule has 0 radical (unpaired) electrons. The number of nitrogens with two attached hydrogens (primary N) is 1. The summed E-state index contributed by atoms with van der Waals surface area (Å²) in [5.74, 6) is 0.170. The fraction of sp³-hybridized carbons (Fsp3) is 0.533. The van der Waals surface area contributed by atoms with Crippen LogP contribution in [0.1, 0.15) is 35.7 Å². The van der Waals surface area contributed by atoms with Gasteiger partial charge in [-0.05, 0) is 49.4 Å². The Morgan fingerprint density at radius 1 is 1.42 bits per heavy atom. The molecule has 1 heterocycles. The van der Waals surface area contributed by atoms with Gasteiger partial charge in [0.05, 0.1) is 0 Å². The molecule has 0 aromatic heterocycles. The topological polar surface area (TPSA) is 66.6 Å². The van der Waals surface area contributed by atoms with Crippen molar-refractivity contribution in [1.82, 2.24) is 4.90 Å². The van der Waals surface area contributed by atoms with E-state index < -0.39 is 0 Å². The average molecular weight is 262 g/mol. The molecule has 1 saturated heterocycles. The molecular formula is C15H22N2O2. The molecule has 1 aromatic rings. The number of phenols is 1. The number of rotatable bonds is 2. The van der Waals surface area contributed by atoms with Crippen LogP contribution in [0.15, 0.2) is 18.2 Å². The fourth-order valence-corrected chi connectivity index (χ4v) is 2.38. The van der Waals surface area contributed by atoms with Crippen LogP contribution in [0.5, 0.6) is 5.75 Å². The normalized spacial score (nSPS) is 18.4. The molecule has 1 aliphatic rings. The van der Waals surface area contributed by atoms with Crippen molar-refractivity contribution in [1.29, 1.82) is 0 Å². The van der Waals surface area contributed by atoms with Gasteiger partial charge in [-0.2, -0.15) is 0 Å². The van der Waals surface area contributed by atoms with Gasteiger partial charge in [-0.25, -0.2) is 0 Å². The van der Waals surface area contributed by atoms with Crippen molar-refractivity contribution in [3.05, 3.63) is 29.3 Å². The second kappa shape index (κ2) is 5.21. The van der Waals surface area contributed by atoms with Crippen molar-refractivity contribution in [3.8, 4) is 5.75 Å². The number of hydrogen-bond acceptors (Lipinski definition) is 3. The summed E-state index contributed by atoms with van der Waals surface area (Å²) in [6, 6.07) is 5.10. The van der Waals surface area contributed by atoms with Gasteiger partial charge in [-0.1, -0.05) is 13.0 Å². The van der Waals surface area contributed by atoms with Crippen LogP contribution >= 0.6 is 0 Å². The molecule has 104 valence electrons. The van der Waals surface area contributed by atoms with E-state index in [2.05, 4.69) is 6.92 Å². The monoisotopic (exact) mass is 262 g/mol. The van der Waals surface area contributed by atoms with Crippen molar-refractivity contribution in [3.63, 3.8) is 0 Å². The number of carbonyl (C=O) groups excluding carboxylic acids is 1. The van der Waals surface area contributed by atoms with Crippen LogP contribution in [0.3, 0.4) is 0 Å². The van der Waals surface area contributed by atoms with Crippen molar-refractivity contribution in [2.24, 2.45) is 11.1 Å². The lowest BCUT2D eigenvalue weighted by molar-refractivity contribution is 0.0617. The molecular weight excluding hydrogens is 240 g/mol. The van der Waals surface area contributed by atoms with E-state index in [4.69, 9.17) is 5.73 Å². The van der Waals surface area contributed by atoms with Gasteiger partial charge in [0.1, 0.15) is 5.75 Å². The van der Waals surface area contributed by atoms with Crippen LogP contribution < -0.4 is 5.73 Å². The highest BCUT2D eigenvalue weighted by atomic mass is 16.3. The summed E-state index contributed by atoms with van der Waals surface area (Å²) < 4.78 is 0. The van der Waals surface area contributed by atoms with Crippen LogP contribution in [-0.4, -0.2) is 35.5 Å². The third kappa shape index (κ3) is 2.89. The standard InChI is InChI=1S/C15H22N2O2/c1-11-3-4-12(9-13(11)18)14(19)17-7-5-15(2,10-16)6-8-17/h3-4,9,18H,5-8,10,16H2,1-2H3. The Kier molecular flexibility index (Phi) is 3.80. The number of nitrogens with zero attached hydrogens (tertiary/aromatic N) is 1. The molecule has 1 aliphatic heterocycles. The third-order valence-corrected chi connectivity index (χ3v) is 4.21. The maximum absolute atomic E-state index is 12.3. The van der Waals surface area contributed by atoms with E-state index >= 15 is 0 Å². The molecule has 1 amide bonds. The molecule has 19 heavy (non-hydrogen) atoms. The summed E-state index contributed by atoms with van der Waals surface area (Å²) in [4.78, 5) is 14.2. The van der Waals surface area contributed by atoms with Gasteiger partial charge in [0.25, 0.3) is 5.91 Å². The molecule has 0 atom stereocenters. The van der Waals surface area contributed by atoms with Gasteiger partial charge in [0.15, 0.2) is 0 Å². The number of benzene rings is 1. The molecule has 1 fully saturated rings. The van der Waals surface area contributed by atoms with E-state index in [9.17, 15) is 9.90 Å². The number of hydrogen-bond donors (Lipinski definition) is 2. The Morgan fingerprint density at radius 3 is 2.58 bits per heavy atom. The Bertz CT molecular complexity index is 477. The van der Waals surface area contributed by atoms with Crippen LogP contribution in [0.25, 0.3) is 0 Å². The Hall–Kier alpha value is -1.55. The van der Waals surface area contributed by atoms with E-state index in [1.165, 1.54) is 0 Å². The molecule has 0 unspecified atom stereocenters. The van der Waals surface area contributed by atoms with Gasteiger partial charge in [-0.15, -0.1) is 0 Å². The Labute approximate surface area is 114 Å². The number of aryl methyl sites for hydroxylation is 1. The molecule has 1 aromatic carbocycles. The van der Waals surface area contributed by atoms with Gasteiger partial charge < -0.3 is 15.7 Å². The number of piperidine rings is 1. The first-order valence-electron chi connectivity index (χ1n) is 6.74. The van der Waals surface area contributed by atoms with E-state index in [1.54, 1.807) is 18.2 Å². The van der Waals surface area contributed by atoms with Gasteiger partial charge in [0.2, 0.25) is 0 Å². The zero-order valence-corrected chi connectivity index (χ0v) is 11.6.